The van der Waals surface area contributed by atoms with E-state index in [-0.39, 0.29) is 12.1 Å². The van der Waals surface area contributed by atoms with E-state index in [2.05, 4.69) is 15.2 Å². The molecule has 1 aromatic carbocycles. The molecule has 1 amide bonds. The molecule has 1 saturated heterocycles. The van der Waals surface area contributed by atoms with Crippen LogP contribution in [0.3, 0.4) is 0 Å². The van der Waals surface area contributed by atoms with Crippen molar-refractivity contribution < 1.29 is 22.7 Å². The van der Waals surface area contributed by atoms with Gasteiger partial charge < -0.3 is 15.0 Å². The second kappa shape index (κ2) is 7.40. The molecule has 0 saturated carbocycles. The van der Waals surface area contributed by atoms with Crippen LogP contribution in [0.2, 0.25) is 0 Å². The molecule has 25 heavy (non-hydrogen) atoms. The van der Waals surface area contributed by atoms with Crippen LogP contribution >= 0.6 is 11.3 Å². The molecule has 2 aromatic rings. The van der Waals surface area contributed by atoms with Gasteiger partial charge in [0.15, 0.2) is 5.13 Å². The lowest BCUT2D eigenvalue weighted by atomic mass is 10.1. The van der Waals surface area contributed by atoms with Gasteiger partial charge in [-0.2, -0.15) is 13.2 Å². The van der Waals surface area contributed by atoms with Crippen LogP contribution in [0.15, 0.2) is 29.6 Å². The minimum Gasteiger partial charge on any atom is -0.378 e. The third-order valence-corrected chi connectivity index (χ3v) is 4.65. The summed E-state index contributed by atoms with van der Waals surface area (Å²) in [6.45, 7) is 3.01. The zero-order valence-electron chi connectivity index (χ0n) is 13.2. The van der Waals surface area contributed by atoms with Gasteiger partial charge in [-0.05, 0) is 18.2 Å². The maximum absolute atomic E-state index is 12.7. The zero-order chi connectivity index (χ0) is 17.9. The Labute approximate surface area is 146 Å². The number of rotatable bonds is 4. The molecular weight excluding hydrogens is 355 g/mol. The summed E-state index contributed by atoms with van der Waals surface area (Å²) >= 11 is 1.47. The molecule has 134 valence electrons. The highest BCUT2D eigenvalue weighted by Gasteiger charge is 2.30. The molecule has 0 radical (unpaired) electrons. The molecule has 1 aromatic heterocycles. The molecular formula is C16H16F3N3O2S. The zero-order valence-corrected chi connectivity index (χ0v) is 14.0. The number of aromatic nitrogens is 1. The number of hydrogen-bond acceptors (Lipinski definition) is 5. The van der Waals surface area contributed by atoms with Crippen molar-refractivity contribution in [3.63, 3.8) is 0 Å². The van der Waals surface area contributed by atoms with Gasteiger partial charge in [-0.15, -0.1) is 11.3 Å². The molecule has 1 N–H and O–H groups in total. The van der Waals surface area contributed by atoms with Gasteiger partial charge >= 0.3 is 6.18 Å². The SMILES string of the molecule is O=C(NCc1csc(N2CCOCC2)n1)c1cccc(C(F)(F)F)c1. The maximum atomic E-state index is 12.7. The van der Waals surface area contributed by atoms with E-state index in [1.54, 1.807) is 0 Å². The van der Waals surface area contributed by atoms with Crippen LogP contribution in [-0.2, 0) is 17.5 Å². The first-order valence-corrected chi connectivity index (χ1v) is 8.54. The molecule has 0 spiro atoms. The molecule has 1 aliphatic rings. The number of alkyl halides is 3. The maximum Gasteiger partial charge on any atom is 0.416 e. The highest BCUT2D eigenvalue weighted by atomic mass is 32.1. The monoisotopic (exact) mass is 371 g/mol. The van der Waals surface area contributed by atoms with Crippen molar-refractivity contribution in [1.82, 2.24) is 10.3 Å². The highest BCUT2D eigenvalue weighted by molar-refractivity contribution is 7.13. The van der Waals surface area contributed by atoms with E-state index in [9.17, 15) is 18.0 Å². The predicted octanol–water partition coefficient (Wildman–Crippen LogP) is 2.93. The van der Waals surface area contributed by atoms with Gasteiger partial charge in [-0.25, -0.2) is 4.98 Å². The van der Waals surface area contributed by atoms with Gasteiger partial charge in [0.05, 0.1) is 31.0 Å². The number of ether oxygens (including phenoxy) is 1. The molecule has 5 nitrogen and oxygen atoms in total. The van der Waals surface area contributed by atoms with Crippen LogP contribution < -0.4 is 10.2 Å². The predicted molar refractivity (Wildman–Crippen MR) is 87.8 cm³/mol. The average Bonchev–Trinajstić information content (AvgIpc) is 3.09. The second-order valence-electron chi connectivity index (χ2n) is 5.48. The standard InChI is InChI=1S/C16H16F3N3O2S/c17-16(18,19)12-3-1-2-11(8-12)14(23)20-9-13-10-25-15(21-13)22-4-6-24-7-5-22/h1-3,8,10H,4-7,9H2,(H,20,23). The summed E-state index contributed by atoms with van der Waals surface area (Å²) in [6.07, 6.45) is -4.47. The van der Waals surface area contributed by atoms with Gasteiger partial charge in [0.1, 0.15) is 0 Å². The quantitative estimate of drug-likeness (QED) is 0.898. The van der Waals surface area contributed by atoms with Crippen LogP contribution in [0.1, 0.15) is 21.6 Å². The number of morpholine rings is 1. The molecule has 0 atom stereocenters. The van der Waals surface area contributed by atoms with Gasteiger partial charge in [0, 0.05) is 24.0 Å². The fraction of sp³-hybridized carbons (Fsp3) is 0.375. The fourth-order valence-corrected chi connectivity index (χ4v) is 3.27. The number of anilines is 1. The Bertz CT molecular complexity index is 742. The minimum atomic E-state index is -4.47. The van der Waals surface area contributed by atoms with Crippen molar-refractivity contribution >= 4 is 22.4 Å². The van der Waals surface area contributed by atoms with Crippen LogP contribution in [0.5, 0.6) is 0 Å². The van der Waals surface area contributed by atoms with Gasteiger partial charge in [-0.1, -0.05) is 6.07 Å². The molecule has 1 aliphatic heterocycles. The van der Waals surface area contributed by atoms with Crippen molar-refractivity contribution in [2.24, 2.45) is 0 Å². The number of nitrogens with one attached hydrogen (secondary N) is 1. The number of benzene rings is 1. The fourth-order valence-electron chi connectivity index (χ4n) is 2.39. The van der Waals surface area contributed by atoms with E-state index in [1.165, 1.54) is 23.5 Å². The Morgan fingerprint density at radius 2 is 2.08 bits per heavy atom. The minimum absolute atomic E-state index is 0.0292. The Morgan fingerprint density at radius 1 is 1.32 bits per heavy atom. The Balaban J connectivity index is 1.60. The van der Waals surface area contributed by atoms with E-state index < -0.39 is 17.6 Å². The first kappa shape index (κ1) is 17.7. The van der Waals surface area contributed by atoms with Crippen molar-refractivity contribution in [1.29, 1.82) is 0 Å². The number of halogens is 3. The van der Waals surface area contributed by atoms with Gasteiger partial charge in [-0.3, -0.25) is 4.79 Å². The Morgan fingerprint density at radius 3 is 2.80 bits per heavy atom. The molecule has 0 unspecified atom stereocenters. The van der Waals surface area contributed by atoms with E-state index in [0.29, 0.717) is 18.9 Å². The number of carbonyl (C=O) groups is 1. The topological polar surface area (TPSA) is 54.5 Å². The molecule has 0 aliphatic carbocycles. The Kier molecular flexibility index (Phi) is 5.24. The van der Waals surface area contributed by atoms with Crippen molar-refractivity contribution in [3.05, 3.63) is 46.5 Å². The average molecular weight is 371 g/mol. The summed E-state index contributed by atoms with van der Waals surface area (Å²) < 4.78 is 43.4. The molecule has 1 fully saturated rings. The van der Waals surface area contributed by atoms with Crippen LogP contribution in [-0.4, -0.2) is 37.2 Å². The lowest BCUT2D eigenvalue weighted by molar-refractivity contribution is -0.137. The number of amides is 1. The van der Waals surface area contributed by atoms with Crippen LogP contribution in [0.4, 0.5) is 18.3 Å². The van der Waals surface area contributed by atoms with Gasteiger partial charge in [0.25, 0.3) is 5.91 Å². The summed E-state index contributed by atoms with van der Waals surface area (Å²) in [5, 5.41) is 5.29. The van der Waals surface area contributed by atoms with E-state index in [0.717, 1.165) is 30.4 Å². The molecule has 2 heterocycles. The summed E-state index contributed by atoms with van der Waals surface area (Å²) in [6, 6.07) is 4.35. The summed E-state index contributed by atoms with van der Waals surface area (Å²) in [7, 11) is 0. The first-order valence-electron chi connectivity index (χ1n) is 7.66. The van der Waals surface area contributed by atoms with E-state index >= 15 is 0 Å². The van der Waals surface area contributed by atoms with Crippen molar-refractivity contribution in [2.45, 2.75) is 12.7 Å². The number of nitrogens with zero attached hydrogens (tertiary/aromatic N) is 2. The number of carbonyl (C=O) groups excluding carboxylic acids is 1. The third kappa shape index (κ3) is 4.49. The second-order valence-corrected chi connectivity index (χ2v) is 6.32. The molecule has 0 bridgehead atoms. The van der Waals surface area contributed by atoms with E-state index in [1.807, 2.05) is 5.38 Å². The lowest BCUT2D eigenvalue weighted by Gasteiger charge is -2.26. The summed E-state index contributed by atoms with van der Waals surface area (Å²) in [5.41, 5.74) is -0.200. The molecule has 9 heteroatoms. The highest BCUT2D eigenvalue weighted by Crippen LogP contribution is 2.29. The van der Waals surface area contributed by atoms with Crippen molar-refractivity contribution in [2.75, 3.05) is 31.2 Å². The largest absolute Gasteiger partial charge is 0.416 e. The summed E-state index contributed by atoms with van der Waals surface area (Å²) in [4.78, 5) is 18.6. The number of hydrogen-bond donors (Lipinski definition) is 1. The van der Waals surface area contributed by atoms with Gasteiger partial charge in [0.2, 0.25) is 0 Å². The first-order chi connectivity index (χ1) is 11.9. The lowest BCUT2D eigenvalue weighted by Crippen LogP contribution is -2.36. The van der Waals surface area contributed by atoms with E-state index in [4.69, 9.17) is 4.74 Å². The van der Waals surface area contributed by atoms with Crippen molar-refractivity contribution in [3.8, 4) is 0 Å². The third-order valence-electron chi connectivity index (χ3n) is 3.70. The Hall–Kier alpha value is -2.13. The molecule has 3 rings (SSSR count). The van der Waals surface area contributed by atoms with Crippen LogP contribution in [0.25, 0.3) is 0 Å². The smallest absolute Gasteiger partial charge is 0.378 e. The van der Waals surface area contributed by atoms with Crippen LogP contribution in [0, 0.1) is 0 Å². The normalized spacial score (nSPS) is 15.2. The summed E-state index contributed by atoms with van der Waals surface area (Å²) in [5.74, 6) is -0.563. The number of thiazole rings is 1.